The summed E-state index contributed by atoms with van der Waals surface area (Å²) in [4.78, 5) is 28.0. The summed E-state index contributed by atoms with van der Waals surface area (Å²) in [6.45, 7) is 5.69. The number of nitrogens with zero attached hydrogens (tertiary/aromatic N) is 3. The summed E-state index contributed by atoms with van der Waals surface area (Å²) >= 11 is 0. The van der Waals surface area contributed by atoms with E-state index in [1.165, 1.54) is 31.1 Å². The van der Waals surface area contributed by atoms with Crippen molar-refractivity contribution in [1.29, 1.82) is 0 Å². The first kappa shape index (κ1) is 28.3. The zero-order valence-corrected chi connectivity index (χ0v) is 21.8. The fraction of sp³-hybridized carbons (Fsp3) is 0.440. The van der Waals surface area contributed by atoms with Crippen LogP contribution in [0.15, 0.2) is 54.6 Å². The van der Waals surface area contributed by atoms with E-state index in [0.29, 0.717) is 24.2 Å². The minimum Gasteiger partial charge on any atom is -0.354 e. The Kier molecular flexibility index (Phi) is 10.2. The summed E-state index contributed by atoms with van der Waals surface area (Å²) in [5.41, 5.74) is 0.949. The fourth-order valence-corrected chi connectivity index (χ4v) is 4.50. The molecule has 0 aromatic heterocycles. The second-order valence-electron chi connectivity index (χ2n) is 8.84. The van der Waals surface area contributed by atoms with Crippen molar-refractivity contribution in [3.8, 4) is 0 Å². The molecule has 0 aliphatic rings. The maximum atomic E-state index is 13.7. The Morgan fingerprint density at radius 3 is 2.11 bits per heavy atom. The Bertz CT molecular complexity index is 1080. The van der Waals surface area contributed by atoms with Gasteiger partial charge in [0.05, 0.1) is 5.69 Å². The second-order valence-corrected chi connectivity index (χ2v) is 10.9. The minimum absolute atomic E-state index is 0.0252. The summed E-state index contributed by atoms with van der Waals surface area (Å²) in [5.74, 6) is -1.06. The van der Waals surface area contributed by atoms with E-state index in [2.05, 4.69) is 5.32 Å². The molecule has 2 amide bonds. The lowest BCUT2D eigenvalue weighted by Gasteiger charge is -2.34. The van der Waals surface area contributed by atoms with Gasteiger partial charge in [-0.3, -0.25) is 9.59 Å². The number of hydrogen-bond donors (Lipinski definition) is 1. The molecule has 0 spiro atoms. The molecule has 0 saturated heterocycles. The summed E-state index contributed by atoms with van der Waals surface area (Å²) in [6, 6.07) is 13.1. The van der Waals surface area contributed by atoms with Gasteiger partial charge in [0, 0.05) is 27.2 Å². The number of carbonyl (C=O) groups is 2. The molecule has 192 valence electrons. The van der Waals surface area contributed by atoms with Crippen molar-refractivity contribution in [1.82, 2.24) is 14.5 Å². The first-order valence-electron chi connectivity index (χ1n) is 11.5. The molecule has 1 atom stereocenters. The smallest absolute Gasteiger partial charge is 0.304 e. The van der Waals surface area contributed by atoms with Gasteiger partial charge in [0.1, 0.15) is 18.4 Å². The van der Waals surface area contributed by atoms with Crippen molar-refractivity contribution in [3.63, 3.8) is 0 Å². The number of benzene rings is 2. The summed E-state index contributed by atoms with van der Waals surface area (Å²) in [5, 5.41) is 2.86. The van der Waals surface area contributed by atoms with Crippen LogP contribution in [-0.2, 0) is 26.3 Å². The van der Waals surface area contributed by atoms with Crippen LogP contribution in [0.5, 0.6) is 0 Å². The molecule has 0 aliphatic heterocycles. The molecule has 2 rings (SSSR count). The van der Waals surface area contributed by atoms with E-state index in [1.807, 2.05) is 13.8 Å². The minimum atomic E-state index is -4.00. The molecule has 0 saturated carbocycles. The van der Waals surface area contributed by atoms with Crippen LogP contribution in [0, 0.1) is 11.7 Å². The van der Waals surface area contributed by atoms with Crippen LogP contribution in [0.4, 0.5) is 10.1 Å². The van der Waals surface area contributed by atoms with Crippen LogP contribution >= 0.6 is 0 Å². The van der Waals surface area contributed by atoms with Crippen molar-refractivity contribution in [2.45, 2.75) is 39.8 Å². The maximum Gasteiger partial charge on any atom is 0.304 e. The van der Waals surface area contributed by atoms with E-state index in [1.54, 1.807) is 49.4 Å². The Balaban J connectivity index is 2.44. The third-order valence-corrected chi connectivity index (χ3v) is 7.22. The highest BCUT2D eigenvalue weighted by atomic mass is 32.2. The number of anilines is 1. The van der Waals surface area contributed by atoms with Gasteiger partial charge in [0.2, 0.25) is 11.8 Å². The first-order valence-corrected chi connectivity index (χ1v) is 12.9. The van der Waals surface area contributed by atoms with Gasteiger partial charge in [0.15, 0.2) is 0 Å². The zero-order valence-electron chi connectivity index (χ0n) is 20.9. The van der Waals surface area contributed by atoms with Crippen LogP contribution in [0.25, 0.3) is 0 Å². The Labute approximate surface area is 207 Å². The van der Waals surface area contributed by atoms with Crippen LogP contribution in [0.3, 0.4) is 0 Å². The molecular weight excluding hydrogens is 471 g/mol. The van der Waals surface area contributed by atoms with Gasteiger partial charge in [-0.1, -0.05) is 51.1 Å². The van der Waals surface area contributed by atoms with Gasteiger partial charge in [-0.2, -0.15) is 12.7 Å². The summed E-state index contributed by atoms with van der Waals surface area (Å²) in [7, 11) is -1.23. The third kappa shape index (κ3) is 7.76. The van der Waals surface area contributed by atoms with Crippen molar-refractivity contribution >= 4 is 27.7 Å². The summed E-state index contributed by atoms with van der Waals surface area (Å²) < 4.78 is 41.7. The van der Waals surface area contributed by atoms with E-state index in [-0.39, 0.29) is 18.4 Å². The van der Waals surface area contributed by atoms with Crippen molar-refractivity contribution in [3.05, 3.63) is 66.0 Å². The van der Waals surface area contributed by atoms with Gasteiger partial charge in [-0.05, 0) is 42.2 Å². The average Bonchev–Trinajstić information content (AvgIpc) is 2.82. The highest BCUT2D eigenvalue weighted by Gasteiger charge is 2.33. The van der Waals surface area contributed by atoms with Crippen LogP contribution in [0.2, 0.25) is 0 Å². The molecule has 0 bridgehead atoms. The second kappa shape index (κ2) is 12.6. The maximum absolute atomic E-state index is 13.7. The highest BCUT2D eigenvalue weighted by molar-refractivity contribution is 7.90. The summed E-state index contributed by atoms with van der Waals surface area (Å²) in [6.07, 6.45) is 0.322. The predicted molar refractivity (Wildman–Crippen MR) is 135 cm³/mol. The topological polar surface area (TPSA) is 90.0 Å². The van der Waals surface area contributed by atoms with E-state index < -0.39 is 34.5 Å². The largest absolute Gasteiger partial charge is 0.354 e. The van der Waals surface area contributed by atoms with E-state index in [4.69, 9.17) is 0 Å². The number of nitrogens with one attached hydrogen (secondary N) is 1. The Morgan fingerprint density at radius 2 is 1.60 bits per heavy atom. The molecule has 0 heterocycles. The third-order valence-electron chi connectivity index (χ3n) is 5.40. The molecule has 0 fully saturated rings. The van der Waals surface area contributed by atoms with Gasteiger partial charge in [0.25, 0.3) is 0 Å². The molecule has 8 nitrogen and oxygen atoms in total. The van der Waals surface area contributed by atoms with Gasteiger partial charge in [-0.25, -0.2) is 8.70 Å². The molecule has 10 heteroatoms. The van der Waals surface area contributed by atoms with Gasteiger partial charge in [-0.15, -0.1) is 0 Å². The lowest BCUT2D eigenvalue weighted by molar-refractivity contribution is -0.140. The molecule has 0 unspecified atom stereocenters. The molecule has 35 heavy (non-hydrogen) atoms. The van der Waals surface area contributed by atoms with Crippen LogP contribution in [-0.4, -0.2) is 62.7 Å². The monoisotopic (exact) mass is 506 g/mol. The van der Waals surface area contributed by atoms with Crippen molar-refractivity contribution < 1.29 is 22.4 Å². The van der Waals surface area contributed by atoms with Crippen LogP contribution in [0.1, 0.15) is 32.8 Å². The average molecular weight is 507 g/mol. The molecule has 0 aliphatic carbocycles. The first-order chi connectivity index (χ1) is 16.5. The van der Waals surface area contributed by atoms with Crippen molar-refractivity contribution in [2.24, 2.45) is 5.92 Å². The van der Waals surface area contributed by atoms with Gasteiger partial charge >= 0.3 is 10.2 Å². The molecule has 2 aromatic carbocycles. The lowest BCUT2D eigenvalue weighted by Crippen LogP contribution is -2.53. The molecular formula is C25H35FN4O4S. The quantitative estimate of drug-likeness (QED) is 0.479. The Hall–Kier alpha value is -2.98. The van der Waals surface area contributed by atoms with E-state index in [9.17, 15) is 22.4 Å². The van der Waals surface area contributed by atoms with E-state index in [0.717, 1.165) is 8.61 Å². The van der Waals surface area contributed by atoms with E-state index >= 15 is 0 Å². The van der Waals surface area contributed by atoms with Crippen molar-refractivity contribution in [2.75, 3.05) is 31.5 Å². The normalized spacial score (nSPS) is 12.5. The molecule has 2 aromatic rings. The number of carbonyl (C=O) groups excluding carboxylic acids is 2. The number of hydrogen-bond acceptors (Lipinski definition) is 4. The Morgan fingerprint density at radius 1 is 1.00 bits per heavy atom. The number of halogens is 1. The number of para-hydroxylation sites is 1. The lowest BCUT2D eigenvalue weighted by atomic mass is 10.1. The molecule has 1 N–H and O–H groups in total. The van der Waals surface area contributed by atoms with Crippen LogP contribution < -0.4 is 9.62 Å². The standard InChI is InChI=1S/C25H35FN4O4S/c1-6-23(25(32)27-16-19(2)3)29(17-20-12-14-21(26)15-13-20)24(31)18-30(35(33,34)28(4)5)22-10-8-7-9-11-22/h7-15,19,23H,6,16-18H2,1-5H3,(H,27,32)/t23-/m0/s1. The number of rotatable bonds is 12. The predicted octanol–water partition coefficient (Wildman–Crippen LogP) is 3.02. The fourth-order valence-electron chi connectivity index (χ4n) is 3.44. The SMILES string of the molecule is CC[C@@H](C(=O)NCC(C)C)N(Cc1ccc(F)cc1)C(=O)CN(c1ccccc1)S(=O)(=O)N(C)C. The number of amides is 2. The molecule has 0 radical (unpaired) electrons. The zero-order chi connectivity index (χ0) is 26.2. The van der Waals surface area contributed by atoms with Gasteiger partial charge < -0.3 is 10.2 Å². The highest BCUT2D eigenvalue weighted by Crippen LogP contribution is 2.21.